The second-order valence-electron chi connectivity index (χ2n) is 3.36. The van der Waals surface area contributed by atoms with E-state index in [1.165, 1.54) is 0 Å². The summed E-state index contributed by atoms with van der Waals surface area (Å²) in [6.07, 6.45) is 3.61. The van der Waals surface area contributed by atoms with Gasteiger partial charge in [0.1, 0.15) is 0 Å². The van der Waals surface area contributed by atoms with Crippen LogP contribution in [-0.4, -0.2) is 26.4 Å². The number of rotatable bonds is 4. The number of thioether (sulfide) groups is 1. The Morgan fingerprint density at radius 3 is 2.71 bits per heavy atom. The first-order valence-electron chi connectivity index (χ1n) is 5.22. The van der Waals surface area contributed by atoms with Crippen molar-refractivity contribution in [1.29, 1.82) is 0 Å². The van der Waals surface area contributed by atoms with Crippen molar-refractivity contribution in [2.45, 2.75) is 12.1 Å². The van der Waals surface area contributed by atoms with Crippen LogP contribution in [0.4, 0.5) is 0 Å². The average Bonchev–Trinajstić information content (AvgIpc) is 2.78. The third-order valence-electron chi connectivity index (χ3n) is 2.27. The molecule has 88 valence electrons. The zero-order valence-electron chi connectivity index (χ0n) is 9.33. The van der Waals surface area contributed by atoms with Gasteiger partial charge in [-0.05, 0) is 30.0 Å². The van der Waals surface area contributed by atoms with Crippen molar-refractivity contribution < 1.29 is 9.90 Å². The Bertz CT molecular complexity index is 520. The Morgan fingerprint density at radius 1 is 1.41 bits per heavy atom. The lowest BCUT2D eigenvalue weighted by Gasteiger charge is -2.06. The molecule has 0 aliphatic heterocycles. The molecule has 0 fully saturated rings. The molecule has 1 aromatic carbocycles. The lowest BCUT2D eigenvalue weighted by atomic mass is 10.2. The van der Waals surface area contributed by atoms with E-state index < -0.39 is 5.97 Å². The van der Waals surface area contributed by atoms with Gasteiger partial charge in [0.2, 0.25) is 0 Å². The van der Waals surface area contributed by atoms with Crippen LogP contribution in [0, 0.1) is 0 Å². The summed E-state index contributed by atoms with van der Waals surface area (Å²) in [6, 6.07) is 6.76. The minimum Gasteiger partial charge on any atom is -0.478 e. The largest absolute Gasteiger partial charge is 0.478 e. The molecule has 0 amide bonds. The van der Waals surface area contributed by atoms with Gasteiger partial charge in [0.15, 0.2) is 5.16 Å². The smallest absolute Gasteiger partial charge is 0.335 e. The van der Waals surface area contributed by atoms with Crippen molar-refractivity contribution >= 4 is 17.7 Å². The predicted molar refractivity (Wildman–Crippen MR) is 66.9 cm³/mol. The number of benzene rings is 1. The minimum atomic E-state index is -0.912. The molecule has 5 heteroatoms. The van der Waals surface area contributed by atoms with Crippen LogP contribution in [0.1, 0.15) is 17.3 Å². The van der Waals surface area contributed by atoms with Crippen LogP contribution >= 0.6 is 11.8 Å². The number of aromatic nitrogens is 2. The van der Waals surface area contributed by atoms with E-state index in [-0.39, 0.29) is 0 Å². The fraction of sp³-hybridized carbons (Fsp3) is 0.167. The maximum absolute atomic E-state index is 10.7. The van der Waals surface area contributed by atoms with Crippen molar-refractivity contribution in [1.82, 2.24) is 9.55 Å². The van der Waals surface area contributed by atoms with Gasteiger partial charge in [-0.1, -0.05) is 18.7 Å². The molecule has 0 spiro atoms. The van der Waals surface area contributed by atoms with Crippen LogP contribution in [0.3, 0.4) is 0 Å². The number of hydrogen-bond donors (Lipinski definition) is 1. The van der Waals surface area contributed by atoms with E-state index in [1.54, 1.807) is 42.2 Å². The van der Waals surface area contributed by atoms with Crippen LogP contribution in [-0.2, 0) is 0 Å². The highest BCUT2D eigenvalue weighted by Crippen LogP contribution is 2.20. The molecule has 0 atom stereocenters. The lowest BCUT2D eigenvalue weighted by Crippen LogP contribution is -1.98. The second kappa shape index (κ2) is 5.05. The van der Waals surface area contributed by atoms with Gasteiger partial charge in [0.25, 0.3) is 0 Å². The molecule has 0 saturated carbocycles. The molecule has 1 heterocycles. The first-order chi connectivity index (χ1) is 8.22. The van der Waals surface area contributed by atoms with Gasteiger partial charge in [-0.3, -0.25) is 4.57 Å². The van der Waals surface area contributed by atoms with Crippen LogP contribution < -0.4 is 0 Å². The number of nitrogens with zero attached hydrogens (tertiary/aromatic N) is 2. The summed E-state index contributed by atoms with van der Waals surface area (Å²) in [4.78, 5) is 15.0. The molecule has 4 nitrogen and oxygen atoms in total. The molecule has 0 unspecified atom stereocenters. The minimum absolute atomic E-state index is 0.290. The van der Waals surface area contributed by atoms with Gasteiger partial charge < -0.3 is 5.11 Å². The van der Waals surface area contributed by atoms with E-state index >= 15 is 0 Å². The van der Waals surface area contributed by atoms with Gasteiger partial charge in [-0.25, -0.2) is 9.78 Å². The maximum Gasteiger partial charge on any atom is 0.335 e. The molecule has 17 heavy (non-hydrogen) atoms. The highest BCUT2D eigenvalue weighted by molar-refractivity contribution is 7.99. The topological polar surface area (TPSA) is 55.1 Å². The Morgan fingerprint density at radius 2 is 2.12 bits per heavy atom. The van der Waals surface area contributed by atoms with E-state index in [4.69, 9.17) is 5.11 Å². The summed E-state index contributed by atoms with van der Waals surface area (Å²) in [5, 5.41) is 9.73. The van der Waals surface area contributed by atoms with Crippen molar-refractivity contribution in [3.8, 4) is 5.69 Å². The SMILES string of the molecule is CCSc1nccn1-c1ccc(C(=O)O)cc1. The highest BCUT2D eigenvalue weighted by Gasteiger charge is 2.06. The number of hydrogen-bond acceptors (Lipinski definition) is 3. The monoisotopic (exact) mass is 248 g/mol. The fourth-order valence-corrected chi connectivity index (χ4v) is 2.19. The molecule has 0 aliphatic carbocycles. The number of aromatic carboxylic acids is 1. The molecule has 0 aliphatic rings. The van der Waals surface area contributed by atoms with Gasteiger partial charge in [0.05, 0.1) is 5.56 Å². The maximum atomic E-state index is 10.7. The lowest BCUT2D eigenvalue weighted by molar-refractivity contribution is 0.0697. The van der Waals surface area contributed by atoms with E-state index in [9.17, 15) is 4.79 Å². The zero-order chi connectivity index (χ0) is 12.3. The summed E-state index contributed by atoms with van der Waals surface area (Å²) in [7, 11) is 0. The average molecular weight is 248 g/mol. The third-order valence-corrected chi connectivity index (χ3v) is 3.12. The summed E-state index contributed by atoms with van der Waals surface area (Å²) >= 11 is 1.65. The second-order valence-corrected chi connectivity index (χ2v) is 4.60. The molecule has 1 aromatic heterocycles. The molecule has 2 aromatic rings. The van der Waals surface area contributed by atoms with Crippen molar-refractivity contribution in [3.05, 3.63) is 42.2 Å². The molecule has 0 bridgehead atoms. The number of carboxylic acids is 1. The van der Waals surface area contributed by atoms with E-state index in [0.29, 0.717) is 5.56 Å². The first-order valence-corrected chi connectivity index (χ1v) is 6.21. The van der Waals surface area contributed by atoms with Crippen LogP contribution in [0.5, 0.6) is 0 Å². The highest BCUT2D eigenvalue weighted by atomic mass is 32.2. The molecular formula is C12H12N2O2S. The Labute approximate surface area is 103 Å². The normalized spacial score (nSPS) is 10.4. The molecule has 2 rings (SSSR count). The van der Waals surface area contributed by atoms with E-state index in [2.05, 4.69) is 11.9 Å². The van der Waals surface area contributed by atoms with E-state index in [0.717, 1.165) is 16.6 Å². The Kier molecular flexibility index (Phi) is 3.49. The number of carboxylic acid groups (broad SMARTS) is 1. The molecule has 0 radical (unpaired) electrons. The molecule has 0 saturated heterocycles. The van der Waals surface area contributed by atoms with Crippen LogP contribution in [0.25, 0.3) is 5.69 Å². The summed E-state index contributed by atoms with van der Waals surface area (Å²) in [5.41, 5.74) is 1.21. The molecule has 1 N–H and O–H groups in total. The molecular weight excluding hydrogens is 236 g/mol. The van der Waals surface area contributed by atoms with Crippen molar-refractivity contribution in [3.63, 3.8) is 0 Å². The quantitative estimate of drug-likeness (QED) is 0.845. The summed E-state index contributed by atoms with van der Waals surface area (Å²) in [5.74, 6) is 0.0369. The first kappa shape index (κ1) is 11.7. The zero-order valence-corrected chi connectivity index (χ0v) is 10.1. The predicted octanol–water partition coefficient (Wildman–Crippen LogP) is 2.68. The summed E-state index contributed by atoms with van der Waals surface area (Å²) in [6.45, 7) is 2.07. The standard InChI is InChI=1S/C12H12N2O2S/c1-2-17-12-13-7-8-14(12)10-5-3-9(4-6-10)11(15)16/h3-8H,2H2,1H3,(H,15,16). The van der Waals surface area contributed by atoms with E-state index in [1.807, 2.05) is 10.8 Å². The number of carbonyl (C=O) groups is 1. The Balaban J connectivity index is 2.33. The van der Waals surface area contributed by atoms with Gasteiger partial charge in [0, 0.05) is 18.1 Å². The van der Waals surface area contributed by atoms with Gasteiger partial charge in [-0.15, -0.1) is 0 Å². The van der Waals surface area contributed by atoms with Crippen LogP contribution in [0.15, 0.2) is 41.8 Å². The van der Waals surface area contributed by atoms with Gasteiger partial charge >= 0.3 is 5.97 Å². The number of imidazole rings is 1. The van der Waals surface area contributed by atoms with Crippen LogP contribution in [0.2, 0.25) is 0 Å². The van der Waals surface area contributed by atoms with Crippen molar-refractivity contribution in [2.75, 3.05) is 5.75 Å². The third kappa shape index (κ3) is 2.50. The van der Waals surface area contributed by atoms with Crippen molar-refractivity contribution in [2.24, 2.45) is 0 Å². The Hall–Kier alpha value is -1.75. The van der Waals surface area contributed by atoms with Gasteiger partial charge in [-0.2, -0.15) is 0 Å². The summed E-state index contributed by atoms with van der Waals surface area (Å²) < 4.78 is 1.94. The fourth-order valence-electron chi connectivity index (χ4n) is 1.49.